The molecule has 0 unspecified atom stereocenters. The number of thioether (sulfide) groups is 1. The lowest BCUT2D eigenvalue weighted by atomic mass is 10.2. The lowest BCUT2D eigenvalue weighted by Crippen LogP contribution is -2.38. The standard InChI is InChI=1S/C22H18ClFN2O6S/c23-15-5-7-16(8-6-15)31-13-20(28)32-12-19(27)25-9-10-26-21(29)18(33-22(26)30)11-14-3-1-2-4-17(14)24/h1-8,11H,9-10,12-13H2,(H,25,27)/b18-11+. The average molecular weight is 493 g/mol. The first-order chi connectivity index (χ1) is 15.8. The van der Waals surface area contributed by atoms with Crippen LogP contribution in [-0.4, -0.2) is 54.2 Å². The Labute approximate surface area is 197 Å². The molecule has 1 fully saturated rings. The zero-order chi connectivity index (χ0) is 23.8. The monoisotopic (exact) mass is 492 g/mol. The zero-order valence-electron chi connectivity index (χ0n) is 17.1. The number of imide groups is 1. The maximum Gasteiger partial charge on any atom is 0.344 e. The predicted molar refractivity (Wildman–Crippen MR) is 120 cm³/mol. The number of carbonyl (C=O) groups is 4. The minimum Gasteiger partial charge on any atom is -0.482 e. The normalized spacial score (nSPS) is 14.5. The molecule has 0 aromatic heterocycles. The molecule has 0 saturated carbocycles. The summed E-state index contributed by atoms with van der Waals surface area (Å²) in [5.74, 6) is -2.02. The van der Waals surface area contributed by atoms with E-state index in [2.05, 4.69) is 5.32 Å². The summed E-state index contributed by atoms with van der Waals surface area (Å²) in [6.07, 6.45) is 1.31. The summed E-state index contributed by atoms with van der Waals surface area (Å²) in [4.78, 5) is 49.1. The molecular weight excluding hydrogens is 475 g/mol. The first-order valence-electron chi connectivity index (χ1n) is 9.64. The summed E-state index contributed by atoms with van der Waals surface area (Å²) in [7, 11) is 0. The summed E-state index contributed by atoms with van der Waals surface area (Å²) in [5.41, 5.74) is 0.193. The summed E-state index contributed by atoms with van der Waals surface area (Å²) >= 11 is 6.45. The molecule has 0 radical (unpaired) electrons. The van der Waals surface area contributed by atoms with Crippen LogP contribution in [0.1, 0.15) is 5.56 Å². The van der Waals surface area contributed by atoms with Crippen molar-refractivity contribution in [3.8, 4) is 5.75 Å². The smallest absolute Gasteiger partial charge is 0.344 e. The lowest BCUT2D eigenvalue weighted by molar-refractivity contribution is -0.150. The molecule has 8 nitrogen and oxygen atoms in total. The van der Waals surface area contributed by atoms with Gasteiger partial charge in [0.2, 0.25) is 0 Å². The van der Waals surface area contributed by atoms with Crippen LogP contribution >= 0.6 is 23.4 Å². The molecule has 3 amide bonds. The van der Waals surface area contributed by atoms with E-state index in [0.717, 1.165) is 4.90 Å². The maximum absolute atomic E-state index is 13.8. The van der Waals surface area contributed by atoms with Crippen molar-refractivity contribution in [2.75, 3.05) is 26.3 Å². The maximum atomic E-state index is 13.8. The lowest BCUT2D eigenvalue weighted by Gasteiger charge is -2.13. The fraction of sp³-hybridized carbons (Fsp3) is 0.182. The van der Waals surface area contributed by atoms with E-state index in [1.165, 1.54) is 24.3 Å². The molecule has 0 aliphatic carbocycles. The molecule has 1 heterocycles. The van der Waals surface area contributed by atoms with E-state index >= 15 is 0 Å². The van der Waals surface area contributed by atoms with E-state index in [1.807, 2.05) is 0 Å². The molecule has 2 aromatic rings. The van der Waals surface area contributed by atoms with Gasteiger partial charge in [-0.2, -0.15) is 0 Å². The Balaban J connectivity index is 1.38. The van der Waals surface area contributed by atoms with Crippen LogP contribution < -0.4 is 10.1 Å². The van der Waals surface area contributed by atoms with E-state index in [9.17, 15) is 23.6 Å². The first-order valence-corrected chi connectivity index (χ1v) is 10.8. The molecule has 2 aromatic carbocycles. The number of halogens is 2. The van der Waals surface area contributed by atoms with Gasteiger partial charge in [0.15, 0.2) is 13.2 Å². The number of hydrogen-bond donors (Lipinski definition) is 1. The van der Waals surface area contributed by atoms with Crippen LogP contribution in [-0.2, 0) is 19.1 Å². The van der Waals surface area contributed by atoms with Gasteiger partial charge in [-0.25, -0.2) is 9.18 Å². The van der Waals surface area contributed by atoms with Gasteiger partial charge in [0.25, 0.3) is 17.1 Å². The summed E-state index contributed by atoms with van der Waals surface area (Å²) in [6, 6.07) is 12.2. The Hall–Kier alpha value is -3.37. The van der Waals surface area contributed by atoms with Gasteiger partial charge >= 0.3 is 5.97 Å². The number of nitrogens with one attached hydrogen (secondary N) is 1. The number of ether oxygens (including phenoxy) is 2. The molecule has 1 N–H and O–H groups in total. The second-order valence-electron chi connectivity index (χ2n) is 6.61. The molecule has 33 heavy (non-hydrogen) atoms. The highest BCUT2D eigenvalue weighted by molar-refractivity contribution is 8.18. The second-order valence-corrected chi connectivity index (χ2v) is 8.04. The van der Waals surface area contributed by atoms with Crippen LogP contribution in [0.3, 0.4) is 0 Å². The highest BCUT2D eigenvalue weighted by Gasteiger charge is 2.34. The van der Waals surface area contributed by atoms with Gasteiger partial charge in [-0.15, -0.1) is 0 Å². The molecule has 1 saturated heterocycles. The third kappa shape index (κ3) is 7.06. The van der Waals surface area contributed by atoms with Crippen molar-refractivity contribution in [1.29, 1.82) is 0 Å². The van der Waals surface area contributed by atoms with Gasteiger partial charge in [-0.3, -0.25) is 19.3 Å². The zero-order valence-corrected chi connectivity index (χ0v) is 18.7. The van der Waals surface area contributed by atoms with Crippen LogP contribution in [0.25, 0.3) is 6.08 Å². The topological polar surface area (TPSA) is 102 Å². The predicted octanol–water partition coefficient (Wildman–Crippen LogP) is 3.25. The Morgan fingerprint density at radius 3 is 2.55 bits per heavy atom. The first kappa shape index (κ1) is 24.3. The van der Waals surface area contributed by atoms with Crippen LogP contribution in [0.15, 0.2) is 53.4 Å². The van der Waals surface area contributed by atoms with Crippen molar-refractivity contribution in [2.45, 2.75) is 0 Å². The van der Waals surface area contributed by atoms with Gasteiger partial charge in [0.05, 0.1) is 4.91 Å². The Kier molecular flexibility index (Phi) is 8.45. The number of hydrogen-bond acceptors (Lipinski definition) is 7. The Morgan fingerprint density at radius 1 is 1.09 bits per heavy atom. The van der Waals surface area contributed by atoms with E-state index in [4.69, 9.17) is 21.1 Å². The van der Waals surface area contributed by atoms with Crippen molar-refractivity contribution in [2.24, 2.45) is 0 Å². The van der Waals surface area contributed by atoms with Crippen molar-refractivity contribution in [3.63, 3.8) is 0 Å². The molecule has 0 bridgehead atoms. The summed E-state index contributed by atoms with van der Waals surface area (Å²) in [6.45, 7) is -1.06. The molecule has 0 atom stereocenters. The molecule has 1 aliphatic heterocycles. The van der Waals surface area contributed by atoms with Crippen molar-refractivity contribution in [1.82, 2.24) is 10.2 Å². The van der Waals surface area contributed by atoms with Gasteiger partial charge in [-0.1, -0.05) is 29.8 Å². The quantitative estimate of drug-likeness (QED) is 0.423. The highest BCUT2D eigenvalue weighted by atomic mass is 35.5. The van der Waals surface area contributed by atoms with E-state index in [-0.39, 0.29) is 30.2 Å². The molecule has 0 spiro atoms. The van der Waals surface area contributed by atoms with E-state index in [0.29, 0.717) is 22.5 Å². The van der Waals surface area contributed by atoms with Crippen LogP contribution in [0.4, 0.5) is 9.18 Å². The third-order valence-electron chi connectivity index (χ3n) is 4.26. The minimum atomic E-state index is -0.746. The van der Waals surface area contributed by atoms with Gasteiger partial charge in [0.1, 0.15) is 11.6 Å². The molecular formula is C22H18ClFN2O6S. The summed E-state index contributed by atoms with van der Waals surface area (Å²) < 4.78 is 23.8. The van der Waals surface area contributed by atoms with Crippen molar-refractivity contribution >= 4 is 52.5 Å². The van der Waals surface area contributed by atoms with Crippen molar-refractivity contribution < 1.29 is 33.0 Å². The third-order valence-corrected chi connectivity index (χ3v) is 5.42. The number of amides is 3. The largest absolute Gasteiger partial charge is 0.482 e. The van der Waals surface area contributed by atoms with Crippen molar-refractivity contribution in [3.05, 3.63) is 69.8 Å². The number of rotatable bonds is 9. The highest BCUT2D eigenvalue weighted by Crippen LogP contribution is 2.32. The van der Waals surface area contributed by atoms with E-state index in [1.54, 1.807) is 30.3 Å². The SMILES string of the molecule is O=C(COC(=O)COc1ccc(Cl)cc1)NCCN1C(=O)S/C(=C/c2ccccc2F)C1=O. The molecule has 3 rings (SSSR count). The number of esters is 1. The van der Waals surface area contributed by atoms with E-state index < -0.39 is 35.4 Å². The van der Waals surface area contributed by atoms with Gasteiger partial charge in [0, 0.05) is 23.7 Å². The molecule has 172 valence electrons. The fourth-order valence-corrected chi connectivity index (χ4v) is 3.63. The Bertz CT molecular complexity index is 1090. The summed E-state index contributed by atoms with van der Waals surface area (Å²) in [5, 5.41) is 2.45. The fourth-order valence-electron chi connectivity index (χ4n) is 2.65. The van der Waals surface area contributed by atoms with Crippen LogP contribution in [0.5, 0.6) is 5.75 Å². The molecule has 1 aliphatic rings. The van der Waals surface area contributed by atoms with Gasteiger partial charge in [-0.05, 0) is 48.2 Å². The van der Waals surface area contributed by atoms with Gasteiger partial charge < -0.3 is 14.8 Å². The second kappa shape index (κ2) is 11.5. The number of nitrogens with zero attached hydrogens (tertiary/aromatic N) is 1. The Morgan fingerprint density at radius 2 is 1.82 bits per heavy atom. The average Bonchev–Trinajstić information content (AvgIpc) is 3.06. The van der Waals surface area contributed by atoms with Crippen LogP contribution in [0.2, 0.25) is 5.02 Å². The van der Waals surface area contributed by atoms with Crippen LogP contribution in [0, 0.1) is 5.82 Å². The number of carbonyl (C=O) groups excluding carboxylic acids is 4. The molecule has 11 heteroatoms. The minimum absolute atomic E-state index is 0.0390. The number of benzene rings is 2.